The maximum atomic E-state index is 5.94. The van der Waals surface area contributed by atoms with Gasteiger partial charge >= 0.3 is 0 Å². The first kappa shape index (κ1) is 13.6. The van der Waals surface area contributed by atoms with Crippen LogP contribution < -0.4 is 5.73 Å². The van der Waals surface area contributed by atoms with Crippen LogP contribution in [0.1, 0.15) is 31.7 Å². The summed E-state index contributed by atoms with van der Waals surface area (Å²) in [4.78, 5) is 10.2. The zero-order chi connectivity index (χ0) is 13.9. The molecule has 3 rings (SSSR count). The van der Waals surface area contributed by atoms with Crippen molar-refractivity contribution in [3.8, 4) is 0 Å². The molecule has 4 heteroatoms. The molecule has 0 aromatic carbocycles. The zero-order valence-corrected chi connectivity index (χ0v) is 12.2. The van der Waals surface area contributed by atoms with Gasteiger partial charge in [0.05, 0.1) is 0 Å². The summed E-state index contributed by atoms with van der Waals surface area (Å²) in [5, 5.41) is 1.24. The molecular weight excluding hydrogens is 248 g/mol. The summed E-state index contributed by atoms with van der Waals surface area (Å²) in [5.41, 5.74) is 8.27. The van der Waals surface area contributed by atoms with Crippen LogP contribution in [0.2, 0.25) is 0 Å². The van der Waals surface area contributed by atoms with E-state index >= 15 is 0 Å². The number of aromatic nitrogens is 2. The Labute approximate surface area is 120 Å². The fraction of sp³-hybridized carbons (Fsp3) is 0.562. The van der Waals surface area contributed by atoms with Gasteiger partial charge in [0.2, 0.25) is 0 Å². The fourth-order valence-electron chi connectivity index (χ4n) is 3.60. The van der Waals surface area contributed by atoms with Crippen LogP contribution in [0.25, 0.3) is 11.0 Å². The summed E-state index contributed by atoms with van der Waals surface area (Å²) >= 11 is 0. The van der Waals surface area contributed by atoms with Crippen molar-refractivity contribution in [2.45, 2.75) is 38.8 Å². The van der Waals surface area contributed by atoms with E-state index in [1.54, 1.807) is 0 Å². The van der Waals surface area contributed by atoms with Crippen molar-refractivity contribution < 1.29 is 0 Å². The number of nitrogens with two attached hydrogens (primary N) is 1. The van der Waals surface area contributed by atoms with Gasteiger partial charge in [0.1, 0.15) is 5.65 Å². The van der Waals surface area contributed by atoms with E-state index in [0.29, 0.717) is 12.0 Å². The van der Waals surface area contributed by atoms with Crippen LogP contribution in [-0.2, 0) is 6.54 Å². The van der Waals surface area contributed by atoms with E-state index in [0.717, 1.165) is 25.3 Å². The average molecular weight is 272 g/mol. The van der Waals surface area contributed by atoms with Gasteiger partial charge in [-0.1, -0.05) is 13.3 Å². The van der Waals surface area contributed by atoms with E-state index < -0.39 is 0 Å². The second-order valence-electron chi connectivity index (χ2n) is 5.77. The van der Waals surface area contributed by atoms with E-state index in [2.05, 4.69) is 34.1 Å². The number of H-pyrrole nitrogens is 1. The quantitative estimate of drug-likeness (QED) is 0.879. The van der Waals surface area contributed by atoms with Gasteiger partial charge in [0, 0.05) is 30.4 Å². The molecule has 0 spiro atoms. The summed E-state index contributed by atoms with van der Waals surface area (Å²) in [6.45, 7) is 5.13. The lowest BCUT2D eigenvalue weighted by Gasteiger charge is -2.31. The Kier molecular flexibility index (Phi) is 4.03. The smallest absolute Gasteiger partial charge is 0.137 e. The SMILES string of the molecule is CCN(Cc1c[nH]c2ncccc12)C1CCCC1CN. The number of hydrogen-bond donors (Lipinski definition) is 2. The fourth-order valence-corrected chi connectivity index (χ4v) is 3.60. The molecule has 1 saturated carbocycles. The minimum absolute atomic E-state index is 0.645. The molecular formula is C16H24N4. The molecule has 20 heavy (non-hydrogen) atoms. The zero-order valence-electron chi connectivity index (χ0n) is 12.2. The molecule has 1 aliphatic carbocycles. The predicted molar refractivity (Wildman–Crippen MR) is 82.4 cm³/mol. The van der Waals surface area contributed by atoms with Gasteiger partial charge in [-0.15, -0.1) is 0 Å². The van der Waals surface area contributed by atoms with Gasteiger partial charge < -0.3 is 10.7 Å². The van der Waals surface area contributed by atoms with Gasteiger partial charge in [0.25, 0.3) is 0 Å². The Bertz CT molecular complexity index is 562. The molecule has 1 aliphatic rings. The van der Waals surface area contributed by atoms with Crippen molar-refractivity contribution in [2.75, 3.05) is 13.1 Å². The van der Waals surface area contributed by atoms with E-state index in [-0.39, 0.29) is 0 Å². The Balaban J connectivity index is 1.81. The second kappa shape index (κ2) is 5.94. The van der Waals surface area contributed by atoms with Crippen LogP contribution in [0.3, 0.4) is 0 Å². The Morgan fingerprint density at radius 1 is 1.45 bits per heavy atom. The summed E-state index contributed by atoms with van der Waals surface area (Å²) in [6, 6.07) is 4.80. The molecule has 0 amide bonds. The number of fused-ring (bicyclic) bond motifs is 1. The highest BCUT2D eigenvalue weighted by Crippen LogP contribution is 2.30. The van der Waals surface area contributed by atoms with E-state index in [9.17, 15) is 0 Å². The summed E-state index contributed by atoms with van der Waals surface area (Å²) in [6.07, 6.45) is 7.83. The molecule has 0 aliphatic heterocycles. The van der Waals surface area contributed by atoms with Crippen LogP contribution in [0, 0.1) is 5.92 Å². The predicted octanol–water partition coefficient (Wildman–Crippen LogP) is 2.51. The maximum Gasteiger partial charge on any atom is 0.137 e. The molecule has 2 aromatic rings. The molecule has 108 valence electrons. The van der Waals surface area contributed by atoms with Crippen LogP contribution in [0.15, 0.2) is 24.5 Å². The number of nitrogens with one attached hydrogen (secondary N) is 1. The Morgan fingerprint density at radius 2 is 2.35 bits per heavy atom. The Morgan fingerprint density at radius 3 is 3.15 bits per heavy atom. The lowest BCUT2D eigenvalue weighted by Crippen LogP contribution is -2.39. The number of pyridine rings is 1. The molecule has 2 unspecified atom stereocenters. The number of hydrogen-bond acceptors (Lipinski definition) is 3. The largest absolute Gasteiger partial charge is 0.346 e. The lowest BCUT2D eigenvalue weighted by atomic mass is 10.0. The van der Waals surface area contributed by atoms with Crippen molar-refractivity contribution in [1.29, 1.82) is 0 Å². The first-order valence-corrected chi connectivity index (χ1v) is 7.68. The molecule has 3 N–H and O–H groups in total. The summed E-state index contributed by atoms with van der Waals surface area (Å²) in [7, 11) is 0. The van der Waals surface area contributed by atoms with Crippen molar-refractivity contribution in [3.63, 3.8) is 0 Å². The van der Waals surface area contributed by atoms with Gasteiger partial charge in [-0.25, -0.2) is 4.98 Å². The van der Waals surface area contributed by atoms with Crippen molar-refractivity contribution in [2.24, 2.45) is 11.7 Å². The third-order valence-corrected chi connectivity index (χ3v) is 4.71. The van der Waals surface area contributed by atoms with E-state index in [1.165, 1.54) is 30.2 Å². The first-order chi connectivity index (χ1) is 9.83. The lowest BCUT2D eigenvalue weighted by molar-refractivity contribution is 0.163. The van der Waals surface area contributed by atoms with Crippen LogP contribution >= 0.6 is 0 Å². The van der Waals surface area contributed by atoms with Gasteiger partial charge in [-0.2, -0.15) is 0 Å². The molecule has 0 bridgehead atoms. The third-order valence-electron chi connectivity index (χ3n) is 4.71. The standard InChI is InChI=1S/C16H24N4/c1-2-20(15-7-3-5-12(15)9-17)11-13-10-19-16-14(13)6-4-8-18-16/h4,6,8,10,12,15H,2-3,5,7,9,11,17H2,1H3,(H,18,19). The highest BCUT2D eigenvalue weighted by molar-refractivity contribution is 5.79. The minimum atomic E-state index is 0.645. The normalized spacial score (nSPS) is 22.9. The molecule has 2 atom stereocenters. The average Bonchev–Trinajstić information content (AvgIpc) is 3.11. The van der Waals surface area contributed by atoms with Crippen molar-refractivity contribution in [3.05, 3.63) is 30.1 Å². The molecule has 0 saturated heterocycles. The number of rotatable bonds is 5. The highest BCUT2D eigenvalue weighted by Gasteiger charge is 2.30. The first-order valence-electron chi connectivity index (χ1n) is 7.68. The number of aromatic amines is 1. The van der Waals surface area contributed by atoms with Gasteiger partial charge in [-0.3, -0.25) is 4.90 Å². The van der Waals surface area contributed by atoms with Crippen molar-refractivity contribution >= 4 is 11.0 Å². The Hall–Kier alpha value is -1.39. The third kappa shape index (κ3) is 2.45. The van der Waals surface area contributed by atoms with E-state index in [4.69, 9.17) is 5.73 Å². The van der Waals surface area contributed by atoms with Gasteiger partial charge in [0.15, 0.2) is 0 Å². The molecule has 4 nitrogen and oxygen atoms in total. The molecule has 0 radical (unpaired) electrons. The minimum Gasteiger partial charge on any atom is -0.346 e. The summed E-state index contributed by atoms with van der Waals surface area (Å²) < 4.78 is 0. The van der Waals surface area contributed by atoms with Crippen molar-refractivity contribution in [1.82, 2.24) is 14.9 Å². The van der Waals surface area contributed by atoms with Crippen LogP contribution in [0.4, 0.5) is 0 Å². The van der Waals surface area contributed by atoms with Crippen LogP contribution in [-0.4, -0.2) is 34.0 Å². The van der Waals surface area contributed by atoms with E-state index in [1.807, 2.05) is 12.3 Å². The molecule has 1 fully saturated rings. The molecule has 2 heterocycles. The molecule has 2 aromatic heterocycles. The highest BCUT2D eigenvalue weighted by atomic mass is 15.2. The number of nitrogens with zero attached hydrogens (tertiary/aromatic N) is 2. The summed E-state index contributed by atoms with van der Waals surface area (Å²) in [5.74, 6) is 0.665. The van der Waals surface area contributed by atoms with Gasteiger partial charge in [-0.05, 0) is 49.5 Å². The maximum absolute atomic E-state index is 5.94. The topological polar surface area (TPSA) is 57.9 Å². The monoisotopic (exact) mass is 272 g/mol. The van der Waals surface area contributed by atoms with Crippen LogP contribution in [0.5, 0.6) is 0 Å². The second-order valence-corrected chi connectivity index (χ2v) is 5.77.